The molecule has 1 unspecified atom stereocenters. The van der Waals surface area contributed by atoms with Crippen molar-refractivity contribution in [3.63, 3.8) is 0 Å². The van der Waals surface area contributed by atoms with Gasteiger partial charge in [-0.25, -0.2) is 0 Å². The molecule has 1 aromatic rings. The minimum atomic E-state index is -0.111. The molecule has 17 heavy (non-hydrogen) atoms. The van der Waals surface area contributed by atoms with Crippen LogP contribution in [0.5, 0.6) is 5.75 Å². The SMILES string of the molecule is COc1ccc2c(c1)C1(CCC2)CNCCO1. The van der Waals surface area contributed by atoms with Gasteiger partial charge >= 0.3 is 0 Å². The number of methoxy groups -OCH3 is 1. The second-order valence-electron chi connectivity index (χ2n) is 4.90. The lowest BCUT2D eigenvalue weighted by molar-refractivity contribution is -0.0820. The number of hydrogen-bond donors (Lipinski definition) is 1. The molecule has 3 heteroatoms. The van der Waals surface area contributed by atoms with Gasteiger partial charge in [-0.15, -0.1) is 0 Å². The highest BCUT2D eigenvalue weighted by Crippen LogP contribution is 2.40. The highest BCUT2D eigenvalue weighted by Gasteiger charge is 2.39. The summed E-state index contributed by atoms with van der Waals surface area (Å²) in [5, 5.41) is 3.46. The molecule has 1 saturated heterocycles. The molecule has 1 N–H and O–H groups in total. The Labute approximate surface area is 102 Å². The molecule has 1 atom stereocenters. The van der Waals surface area contributed by atoms with Crippen LogP contribution in [0.1, 0.15) is 24.0 Å². The minimum absolute atomic E-state index is 0.111. The van der Waals surface area contributed by atoms with Crippen molar-refractivity contribution < 1.29 is 9.47 Å². The van der Waals surface area contributed by atoms with Crippen molar-refractivity contribution in [2.24, 2.45) is 0 Å². The van der Waals surface area contributed by atoms with Gasteiger partial charge in [0, 0.05) is 13.1 Å². The first-order valence-corrected chi connectivity index (χ1v) is 6.36. The van der Waals surface area contributed by atoms with Crippen LogP contribution in [0.3, 0.4) is 0 Å². The zero-order valence-electron chi connectivity index (χ0n) is 10.3. The molecule has 1 aromatic carbocycles. The molecule has 0 bridgehead atoms. The van der Waals surface area contributed by atoms with Crippen LogP contribution in [0.4, 0.5) is 0 Å². The highest BCUT2D eigenvalue weighted by molar-refractivity contribution is 5.41. The molecule has 92 valence electrons. The Bertz CT molecular complexity index is 411. The van der Waals surface area contributed by atoms with Crippen molar-refractivity contribution in [1.82, 2.24) is 5.32 Å². The maximum atomic E-state index is 6.11. The molecule has 1 fully saturated rings. The van der Waals surface area contributed by atoms with Gasteiger partial charge in [0.25, 0.3) is 0 Å². The number of nitrogens with one attached hydrogen (secondary N) is 1. The third-order valence-corrected chi connectivity index (χ3v) is 3.90. The van der Waals surface area contributed by atoms with Crippen molar-refractivity contribution in [1.29, 1.82) is 0 Å². The van der Waals surface area contributed by atoms with Crippen LogP contribution < -0.4 is 10.1 Å². The predicted octanol–water partition coefficient (Wildman–Crippen LogP) is 1.85. The molecule has 0 amide bonds. The van der Waals surface area contributed by atoms with Gasteiger partial charge in [0.15, 0.2) is 0 Å². The fourth-order valence-corrected chi connectivity index (χ4v) is 3.02. The molecule has 1 aliphatic heterocycles. The second-order valence-corrected chi connectivity index (χ2v) is 4.90. The van der Waals surface area contributed by atoms with Gasteiger partial charge in [0.05, 0.1) is 13.7 Å². The first kappa shape index (κ1) is 11.1. The first-order chi connectivity index (χ1) is 8.34. The summed E-state index contributed by atoms with van der Waals surface area (Å²) >= 11 is 0. The van der Waals surface area contributed by atoms with Gasteiger partial charge in [-0.3, -0.25) is 0 Å². The zero-order valence-corrected chi connectivity index (χ0v) is 10.3. The third-order valence-electron chi connectivity index (χ3n) is 3.90. The number of benzene rings is 1. The summed E-state index contributed by atoms with van der Waals surface area (Å²) in [5.74, 6) is 0.930. The average molecular weight is 233 g/mol. The zero-order chi connectivity index (χ0) is 11.7. The summed E-state index contributed by atoms with van der Waals surface area (Å²) in [5.41, 5.74) is 2.64. The van der Waals surface area contributed by atoms with E-state index in [4.69, 9.17) is 9.47 Å². The van der Waals surface area contributed by atoms with E-state index < -0.39 is 0 Å². The Morgan fingerprint density at radius 2 is 2.35 bits per heavy atom. The van der Waals surface area contributed by atoms with Crippen LogP contribution in [0.15, 0.2) is 18.2 Å². The van der Waals surface area contributed by atoms with E-state index in [1.165, 1.54) is 17.5 Å². The van der Waals surface area contributed by atoms with Crippen LogP contribution >= 0.6 is 0 Å². The van der Waals surface area contributed by atoms with Gasteiger partial charge in [-0.2, -0.15) is 0 Å². The van der Waals surface area contributed by atoms with Crippen molar-refractivity contribution in [3.05, 3.63) is 29.3 Å². The Hall–Kier alpha value is -1.06. The van der Waals surface area contributed by atoms with Crippen LogP contribution in [-0.4, -0.2) is 26.8 Å². The lowest BCUT2D eigenvalue weighted by Gasteiger charge is -2.42. The summed E-state index contributed by atoms with van der Waals surface area (Å²) in [7, 11) is 1.72. The third kappa shape index (κ3) is 1.83. The molecular weight excluding hydrogens is 214 g/mol. The summed E-state index contributed by atoms with van der Waals surface area (Å²) in [6, 6.07) is 6.39. The van der Waals surface area contributed by atoms with Gasteiger partial charge in [-0.1, -0.05) is 6.07 Å². The Kier molecular flexibility index (Phi) is 2.81. The molecule has 1 aliphatic carbocycles. The van der Waals surface area contributed by atoms with Crippen LogP contribution in [-0.2, 0) is 16.8 Å². The standard InChI is InChI=1S/C14H19NO2/c1-16-12-5-4-11-3-2-6-14(13(11)9-12)10-15-7-8-17-14/h4-5,9,15H,2-3,6-8,10H2,1H3. The molecule has 1 spiro atoms. The van der Waals surface area contributed by atoms with E-state index in [1.807, 2.05) is 6.07 Å². The van der Waals surface area contributed by atoms with Gasteiger partial charge in [0.2, 0.25) is 0 Å². The van der Waals surface area contributed by atoms with Crippen LogP contribution in [0.2, 0.25) is 0 Å². The topological polar surface area (TPSA) is 30.5 Å². The molecular formula is C14H19NO2. The van der Waals surface area contributed by atoms with Crippen molar-refractivity contribution in [3.8, 4) is 5.75 Å². The lowest BCUT2D eigenvalue weighted by Crippen LogP contribution is -2.49. The minimum Gasteiger partial charge on any atom is -0.497 e. The highest BCUT2D eigenvalue weighted by atomic mass is 16.5. The van der Waals surface area contributed by atoms with Crippen LogP contribution in [0, 0.1) is 0 Å². The van der Waals surface area contributed by atoms with E-state index in [2.05, 4.69) is 17.4 Å². The van der Waals surface area contributed by atoms with E-state index in [0.717, 1.165) is 38.3 Å². The number of ether oxygens (including phenoxy) is 2. The van der Waals surface area contributed by atoms with Crippen molar-refractivity contribution in [2.45, 2.75) is 24.9 Å². The maximum Gasteiger partial charge on any atom is 0.119 e. The van der Waals surface area contributed by atoms with E-state index in [9.17, 15) is 0 Å². The normalized spacial score (nSPS) is 27.8. The van der Waals surface area contributed by atoms with Gasteiger partial charge in [0.1, 0.15) is 11.4 Å². The predicted molar refractivity (Wildman–Crippen MR) is 66.4 cm³/mol. The summed E-state index contributed by atoms with van der Waals surface area (Å²) in [6.45, 7) is 2.69. The fraction of sp³-hybridized carbons (Fsp3) is 0.571. The van der Waals surface area contributed by atoms with E-state index in [0.29, 0.717) is 0 Å². The van der Waals surface area contributed by atoms with Crippen molar-refractivity contribution in [2.75, 3.05) is 26.8 Å². The van der Waals surface area contributed by atoms with E-state index in [1.54, 1.807) is 7.11 Å². The van der Waals surface area contributed by atoms with E-state index in [-0.39, 0.29) is 5.60 Å². The summed E-state index contributed by atoms with van der Waals surface area (Å²) in [4.78, 5) is 0. The monoisotopic (exact) mass is 233 g/mol. The number of morpholine rings is 1. The van der Waals surface area contributed by atoms with Crippen molar-refractivity contribution >= 4 is 0 Å². The summed E-state index contributed by atoms with van der Waals surface area (Å²) < 4.78 is 11.5. The second kappa shape index (κ2) is 4.31. The van der Waals surface area contributed by atoms with Crippen LogP contribution in [0.25, 0.3) is 0 Å². The molecule has 0 aromatic heterocycles. The number of aryl methyl sites for hydroxylation is 1. The molecule has 0 saturated carbocycles. The molecule has 1 heterocycles. The molecule has 2 aliphatic rings. The summed E-state index contributed by atoms with van der Waals surface area (Å²) in [6.07, 6.45) is 3.48. The average Bonchev–Trinajstić information content (AvgIpc) is 2.40. The molecule has 0 radical (unpaired) electrons. The van der Waals surface area contributed by atoms with E-state index >= 15 is 0 Å². The van der Waals surface area contributed by atoms with Gasteiger partial charge < -0.3 is 14.8 Å². The Morgan fingerprint density at radius 3 is 3.12 bits per heavy atom. The fourth-order valence-electron chi connectivity index (χ4n) is 3.02. The molecule has 3 rings (SSSR count). The van der Waals surface area contributed by atoms with Gasteiger partial charge in [-0.05, 0) is 42.5 Å². The largest absolute Gasteiger partial charge is 0.497 e. The Morgan fingerprint density at radius 1 is 1.41 bits per heavy atom. The lowest BCUT2D eigenvalue weighted by atomic mass is 9.78. The maximum absolute atomic E-state index is 6.11. The molecule has 3 nitrogen and oxygen atoms in total. The number of rotatable bonds is 1. The Balaban J connectivity index is 2.04. The quantitative estimate of drug-likeness (QED) is 0.803. The smallest absolute Gasteiger partial charge is 0.119 e. The number of hydrogen-bond acceptors (Lipinski definition) is 3. The number of fused-ring (bicyclic) bond motifs is 2. The first-order valence-electron chi connectivity index (χ1n) is 6.36.